The van der Waals surface area contributed by atoms with Gasteiger partial charge in [0.25, 0.3) is 5.91 Å². The second-order valence-corrected chi connectivity index (χ2v) is 5.69. The summed E-state index contributed by atoms with van der Waals surface area (Å²) in [5.74, 6) is 0.445. The zero-order valence-corrected chi connectivity index (χ0v) is 13.0. The Labute approximate surface area is 137 Å². The lowest BCUT2D eigenvalue weighted by molar-refractivity contribution is -0.137. The van der Waals surface area contributed by atoms with E-state index in [0.29, 0.717) is 19.6 Å². The molecule has 2 aromatic rings. The minimum atomic E-state index is -4.41. The lowest BCUT2D eigenvalue weighted by atomic mass is 10.1. The quantitative estimate of drug-likeness (QED) is 0.914. The number of imidazole rings is 1. The fraction of sp³-hybridized carbons (Fsp3) is 0.375. The van der Waals surface area contributed by atoms with Gasteiger partial charge < -0.3 is 14.8 Å². The van der Waals surface area contributed by atoms with Gasteiger partial charge in [0.05, 0.1) is 5.56 Å². The zero-order valence-electron chi connectivity index (χ0n) is 13.0. The summed E-state index contributed by atoms with van der Waals surface area (Å²) >= 11 is 0. The van der Waals surface area contributed by atoms with Gasteiger partial charge in [0, 0.05) is 44.6 Å². The number of aryl methyl sites for hydroxylation is 1. The zero-order chi connectivity index (χ0) is 17.3. The van der Waals surface area contributed by atoms with Crippen LogP contribution in [0.3, 0.4) is 0 Å². The number of hydrogen-bond donors (Lipinski definition) is 1. The molecule has 0 aliphatic carbocycles. The van der Waals surface area contributed by atoms with E-state index in [1.54, 1.807) is 17.3 Å². The van der Waals surface area contributed by atoms with Crippen molar-refractivity contribution in [2.45, 2.75) is 12.2 Å². The maximum Gasteiger partial charge on any atom is 0.416 e. The fourth-order valence-corrected chi connectivity index (χ4v) is 2.84. The molecule has 2 heterocycles. The van der Waals surface area contributed by atoms with Gasteiger partial charge in [0.15, 0.2) is 0 Å². The number of amides is 1. The molecular formula is C16H17F3N4O. The Bertz CT molecular complexity index is 724. The molecule has 1 aliphatic heterocycles. The highest BCUT2D eigenvalue weighted by Crippen LogP contribution is 2.30. The summed E-state index contributed by atoms with van der Waals surface area (Å²) < 4.78 is 39.8. The summed E-state index contributed by atoms with van der Waals surface area (Å²) in [6, 6.07) is 4.07. The summed E-state index contributed by atoms with van der Waals surface area (Å²) in [6.07, 6.45) is -0.957. The summed E-state index contributed by atoms with van der Waals surface area (Å²) in [5.41, 5.74) is -0.524. The predicted molar refractivity (Wildman–Crippen MR) is 81.3 cm³/mol. The van der Waals surface area contributed by atoms with E-state index in [0.717, 1.165) is 18.0 Å². The number of piperazine rings is 1. The number of halogens is 3. The van der Waals surface area contributed by atoms with E-state index in [1.807, 2.05) is 11.6 Å². The molecule has 128 valence electrons. The van der Waals surface area contributed by atoms with Crippen molar-refractivity contribution in [1.29, 1.82) is 0 Å². The average Bonchev–Trinajstić information content (AvgIpc) is 2.99. The number of rotatable bonds is 2. The molecule has 24 heavy (non-hydrogen) atoms. The van der Waals surface area contributed by atoms with Crippen LogP contribution in [-0.4, -0.2) is 40.0 Å². The molecular weight excluding hydrogens is 321 g/mol. The molecule has 1 aromatic heterocycles. The van der Waals surface area contributed by atoms with Crippen LogP contribution in [0.25, 0.3) is 0 Å². The molecule has 1 aliphatic rings. The highest BCUT2D eigenvalue weighted by atomic mass is 19.4. The Kier molecular flexibility index (Phi) is 4.31. The van der Waals surface area contributed by atoms with E-state index in [9.17, 15) is 18.0 Å². The van der Waals surface area contributed by atoms with Gasteiger partial charge in [0.1, 0.15) is 11.9 Å². The Morgan fingerprint density at radius 3 is 2.58 bits per heavy atom. The molecule has 1 fully saturated rings. The SMILES string of the molecule is Cn1ccnc1C1CNCCN1C(=O)c1ccc(C(F)(F)F)cc1. The lowest BCUT2D eigenvalue weighted by Gasteiger charge is -2.35. The highest BCUT2D eigenvalue weighted by molar-refractivity contribution is 5.94. The number of alkyl halides is 3. The van der Waals surface area contributed by atoms with Crippen molar-refractivity contribution in [2.24, 2.45) is 7.05 Å². The standard InChI is InChI=1S/C16H17F3N4O/c1-22-8-7-21-14(22)13-10-20-6-9-23(13)15(24)11-2-4-12(5-3-11)16(17,18)19/h2-5,7-8,13,20H,6,9-10H2,1H3. The summed E-state index contributed by atoms with van der Waals surface area (Å²) in [4.78, 5) is 18.7. The molecule has 8 heteroatoms. The normalized spacial score (nSPS) is 18.7. The van der Waals surface area contributed by atoms with Gasteiger partial charge in [-0.3, -0.25) is 4.79 Å². The molecule has 1 unspecified atom stereocenters. The summed E-state index contributed by atoms with van der Waals surface area (Å²) in [5, 5.41) is 3.22. The molecule has 3 rings (SSSR count). The fourth-order valence-electron chi connectivity index (χ4n) is 2.84. The summed E-state index contributed by atoms with van der Waals surface area (Å²) in [6.45, 7) is 1.65. The van der Waals surface area contributed by atoms with Crippen molar-refractivity contribution in [2.75, 3.05) is 19.6 Å². The average molecular weight is 338 g/mol. The molecule has 5 nitrogen and oxygen atoms in total. The van der Waals surface area contributed by atoms with Gasteiger partial charge >= 0.3 is 6.18 Å². The molecule has 1 saturated heterocycles. The van der Waals surface area contributed by atoms with E-state index in [1.165, 1.54) is 12.1 Å². The van der Waals surface area contributed by atoms with Crippen LogP contribution < -0.4 is 5.32 Å². The van der Waals surface area contributed by atoms with Crippen molar-refractivity contribution >= 4 is 5.91 Å². The minimum Gasteiger partial charge on any atom is -0.336 e. The first-order valence-corrected chi connectivity index (χ1v) is 7.54. The van der Waals surface area contributed by atoms with Crippen molar-refractivity contribution in [3.05, 3.63) is 53.6 Å². The number of nitrogens with one attached hydrogen (secondary N) is 1. The van der Waals surface area contributed by atoms with E-state index < -0.39 is 11.7 Å². The van der Waals surface area contributed by atoms with Gasteiger partial charge in [0.2, 0.25) is 0 Å². The molecule has 1 aromatic carbocycles. The van der Waals surface area contributed by atoms with E-state index in [4.69, 9.17) is 0 Å². The van der Waals surface area contributed by atoms with Crippen LogP contribution in [0.1, 0.15) is 27.8 Å². The van der Waals surface area contributed by atoms with E-state index in [2.05, 4.69) is 10.3 Å². The third kappa shape index (κ3) is 3.14. The van der Waals surface area contributed by atoms with Crippen LogP contribution in [0, 0.1) is 0 Å². The lowest BCUT2D eigenvalue weighted by Crippen LogP contribution is -2.49. The van der Waals surface area contributed by atoms with Gasteiger partial charge in [-0.15, -0.1) is 0 Å². The second kappa shape index (κ2) is 6.27. The van der Waals surface area contributed by atoms with Crippen molar-refractivity contribution < 1.29 is 18.0 Å². The number of carbonyl (C=O) groups excluding carboxylic acids is 1. The Morgan fingerprint density at radius 2 is 2.00 bits per heavy atom. The molecule has 0 spiro atoms. The van der Waals surface area contributed by atoms with Gasteiger partial charge in [-0.05, 0) is 24.3 Å². The monoisotopic (exact) mass is 338 g/mol. The van der Waals surface area contributed by atoms with Gasteiger partial charge in [-0.1, -0.05) is 0 Å². The van der Waals surface area contributed by atoms with E-state index in [-0.39, 0.29) is 17.5 Å². The first kappa shape index (κ1) is 16.5. The number of aromatic nitrogens is 2. The first-order valence-electron chi connectivity index (χ1n) is 7.54. The van der Waals surface area contributed by atoms with Crippen molar-refractivity contribution in [3.8, 4) is 0 Å². The first-order chi connectivity index (χ1) is 11.4. The van der Waals surface area contributed by atoms with Crippen LogP contribution in [0.4, 0.5) is 13.2 Å². The molecule has 1 amide bonds. The second-order valence-electron chi connectivity index (χ2n) is 5.69. The van der Waals surface area contributed by atoms with Crippen LogP contribution in [0.5, 0.6) is 0 Å². The van der Waals surface area contributed by atoms with E-state index >= 15 is 0 Å². The van der Waals surface area contributed by atoms with Crippen LogP contribution in [0.2, 0.25) is 0 Å². The topological polar surface area (TPSA) is 50.2 Å². The number of hydrogen-bond acceptors (Lipinski definition) is 3. The minimum absolute atomic E-state index is 0.240. The highest BCUT2D eigenvalue weighted by Gasteiger charge is 2.33. The molecule has 1 N–H and O–H groups in total. The Morgan fingerprint density at radius 1 is 1.29 bits per heavy atom. The smallest absolute Gasteiger partial charge is 0.336 e. The van der Waals surface area contributed by atoms with Crippen LogP contribution >= 0.6 is 0 Å². The van der Waals surface area contributed by atoms with Gasteiger partial charge in [-0.25, -0.2) is 4.98 Å². The third-order valence-electron chi connectivity index (χ3n) is 4.12. The molecule has 0 radical (unpaired) electrons. The number of nitrogens with zero attached hydrogens (tertiary/aromatic N) is 3. The van der Waals surface area contributed by atoms with Crippen LogP contribution in [-0.2, 0) is 13.2 Å². The summed E-state index contributed by atoms with van der Waals surface area (Å²) in [7, 11) is 1.84. The maximum atomic E-state index is 12.8. The molecule has 1 atom stereocenters. The van der Waals surface area contributed by atoms with Crippen LogP contribution in [0.15, 0.2) is 36.7 Å². The predicted octanol–water partition coefficient (Wildman–Crippen LogP) is 2.23. The Hall–Kier alpha value is -2.35. The third-order valence-corrected chi connectivity index (χ3v) is 4.12. The molecule has 0 bridgehead atoms. The number of carbonyl (C=O) groups is 1. The van der Waals surface area contributed by atoms with Crippen molar-refractivity contribution in [1.82, 2.24) is 19.8 Å². The maximum absolute atomic E-state index is 12.8. The van der Waals surface area contributed by atoms with Crippen molar-refractivity contribution in [3.63, 3.8) is 0 Å². The van der Waals surface area contributed by atoms with Gasteiger partial charge in [-0.2, -0.15) is 13.2 Å². The number of benzene rings is 1. The largest absolute Gasteiger partial charge is 0.416 e. The molecule has 0 saturated carbocycles. The Balaban J connectivity index is 1.86.